The standard InChI is InChI=1S/C22H32N4O14P2.Mn/c1-13-21(31)17(15(5-23-13)11-39-41(33,34)35)7-25(9-19(27)28)3-4-26(10-20(29)30)8-18-16(12-40-42(36,37)38)6-24-14(2)22(18)32;/h5-6,31-32H,3-4,7-12H2,1-2H3,(H,27,28)(H,29,30)(H2,33,34,35)(H2,36,37,38);/q;+2/p-8. The SMILES string of the molecule is Cc1ncc(COP(=O)([O-])[O-])c(CN(CCN(CC(=O)[O-])Cc2c(COP(=O)([O-])[O-])cnc(C)c2[O-])CC(=O)[O-])c1[O-].[Mn+2]. The predicted molar refractivity (Wildman–Crippen MR) is 122 cm³/mol. The number of hydrogen-bond acceptors (Lipinski definition) is 18. The van der Waals surface area contributed by atoms with E-state index in [1.807, 2.05) is 0 Å². The number of hydrogen-bond donors (Lipinski definition) is 0. The topological polar surface area (TPSA) is 303 Å². The number of aryl methyl sites for hydroxylation is 2. The molecule has 43 heavy (non-hydrogen) atoms. The van der Waals surface area contributed by atoms with Gasteiger partial charge in [0.1, 0.15) is 0 Å². The average Bonchev–Trinajstić information content (AvgIpc) is 2.85. The van der Waals surface area contributed by atoms with Crippen molar-refractivity contribution in [3.05, 3.63) is 46.0 Å². The molecular weight excluding hydrogens is 661 g/mol. The maximum Gasteiger partial charge on any atom is 2.00 e. The van der Waals surface area contributed by atoms with Gasteiger partial charge in [-0.15, -0.1) is 0 Å². The summed E-state index contributed by atoms with van der Waals surface area (Å²) < 4.78 is 30.3. The number of carboxylic acid groups (broad SMARTS) is 2. The molecule has 0 aliphatic carbocycles. The first-order valence-corrected chi connectivity index (χ1v) is 14.7. The summed E-state index contributed by atoms with van der Waals surface area (Å²) in [6, 6.07) is 0. The molecule has 2 rings (SSSR count). The van der Waals surface area contributed by atoms with Gasteiger partial charge in [0.05, 0.1) is 40.8 Å². The number of phosphoric acid groups is 2. The second-order valence-corrected chi connectivity index (χ2v) is 11.3. The fourth-order valence-corrected chi connectivity index (χ4v) is 4.36. The van der Waals surface area contributed by atoms with Crippen LogP contribution in [0, 0.1) is 13.8 Å². The van der Waals surface area contributed by atoms with E-state index >= 15 is 0 Å². The molecule has 0 spiro atoms. The zero-order valence-electron chi connectivity index (χ0n) is 22.6. The minimum atomic E-state index is -5.44. The van der Waals surface area contributed by atoms with Gasteiger partial charge in [0.25, 0.3) is 0 Å². The Morgan fingerprint density at radius 1 is 0.744 bits per heavy atom. The summed E-state index contributed by atoms with van der Waals surface area (Å²) in [5.41, 5.74) is -0.577. The second-order valence-electron chi connectivity index (χ2n) is 8.96. The van der Waals surface area contributed by atoms with Crippen molar-refractivity contribution in [2.75, 3.05) is 26.2 Å². The minimum absolute atomic E-state index is 0. The van der Waals surface area contributed by atoms with Crippen molar-refractivity contribution in [3.8, 4) is 11.5 Å². The average molecular weight is 685 g/mol. The number of rotatable bonds is 17. The van der Waals surface area contributed by atoms with Gasteiger partial charge in [0, 0.05) is 74.2 Å². The molecule has 21 heteroatoms. The molecule has 0 atom stereocenters. The Balaban J connectivity index is 0.00000924. The molecule has 239 valence electrons. The number of carbonyl (C=O) groups excluding carboxylic acids is 2. The van der Waals surface area contributed by atoms with E-state index in [4.69, 9.17) is 0 Å². The van der Waals surface area contributed by atoms with Gasteiger partial charge in [0.15, 0.2) is 0 Å². The number of carbonyl (C=O) groups is 2. The fraction of sp³-hybridized carbons (Fsp3) is 0.455. The maximum atomic E-state index is 12.8. The van der Waals surface area contributed by atoms with Crippen LogP contribution in [0.15, 0.2) is 12.4 Å². The van der Waals surface area contributed by atoms with Gasteiger partial charge in [-0.3, -0.25) is 19.8 Å². The van der Waals surface area contributed by atoms with Gasteiger partial charge < -0.3 is 67.8 Å². The quantitative estimate of drug-likeness (QED) is 0.110. The molecule has 0 saturated carbocycles. The Morgan fingerprint density at radius 3 is 1.35 bits per heavy atom. The van der Waals surface area contributed by atoms with Gasteiger partial charge in [-0.2, -0.15) is 0 Å². The van der Waals surface area contributed by atoms with E-state index in [9.17, 15) is 58.7 Å². The Hall–Kier alpha value is -2.50. The molecule has 2 aromatic rings. The zero-order valence-corrected chi connectivity index (χ0v) is 25.6. The Kier molecular flexibility index (Phi) is 14.8. The third-order valence-corrected chi connectivity index (χ3v) is 6.66. The Bertz CT molecular complexity index is 1280. The van der Waals surface area contributed by atoms with Crippen molar-refractivity contribution in [3.63, 3.8) is 0 Å². The molecule has 0 bridgehead atoms. The van der Waals surface area contributed by atoms with E-state index in [1.165, 1.54) is 13.8 Å². The number of aliphatic carboxylic acids is 2. The summed E-state index contributed by atoms with van der Waals surface area (Å²) in [5, 5.41) is 48.4. The van der Waals surface area contributed by atoms with Gasteiger partial charge >= 0.3 is 17.1 Å². The second kappa shape index (κ2) is 16.5. The maximum absolute atomic E-state index is 12.8. The molecule has 0 unspecified atom stereocenters. The molecule has 0 aliphatic heterocycles. The van der Waals surface area contributed by atoms with Crippen LogP contribution in [0.3, 0.4) is 0 Å². The first-order valence-electron chi connectivity index (χ1n) is 11.8. The number of pyridine rings is 2. The largest absolute Gasteiger partial charge is 2.00 e. The summed E-state index contributed by atoms with van der Waals surface area (Å²) in [4.78, 5) is 76.5. The van der Waals surface area contributed by atoms with E-state index in [0.717, 1.165) is 22.2 Å². The Morgan fingerprint density at radius 2 is 1.07 bits per heavy atom. The Labute approximate surface area is 255 Å². The van der Waals surface area contributed by atoms with Gasteiger partial charge in [-0.25, -0.2) is 0 Å². The van der Waals surface area contributed by atoms with Crippen LogP contribution in [0.2, 0.25) is 0 Å². The van der Waals surface area contributed by atoms with Crippen LogP contribution in [0.5, 0.6) is 11.5 Å². The molecule has 0 N–H and O–H groups in total. The molecule has 18 nitrogen and oxygen atoms in total. The van der Waals surface area contributed by atoms with Gasteiger partial charge in [-0.1, -0.05) is 11.5 Å². The zero-order chi connectivity index (χ0) is 31.8. The summed E-state index contributed by atoms with van der Waals surface area (Å²) in [7, 11) is -10.9. The van der Waals surface area contributed by atoms with E-state index in [1.54, 1.807) is 0 Å². The van der Waals surface area contributed by atoms with E-state index in [-0.39, 0.29) is 63.8 Å². The molecule has 2 heterocycles. The molecular formula is C22H24MnN4O14P2-6. The van der Waals surface area contributed by atoms with Gasteiger partial charge in [0.2, 0.25) is 0 Å². The van der Waals surface area contributed by atoms with Crippen molar-refractivity contribution >= 4 is 27.6 Å². The third-order valence-electron chi connectivity index (χ3n) is 5.77. The van der Waals surface area contributed by atoms with Crippen molar-refractivity contribution in [2.24, 2.45) is 0 Å². The van der Waals surface area contributed by atoms with E-state index in [2.05, 4.69) is 19.0 Å². The predicted octanol–water partition coefficient (Wildman–Crippen LogP) is -6.27. The van der Waals surface area contributed by atoms with Crippen molar-refractivity contribution in [2.45, 2.75) is 40.2 Å². The number of carboxylic acids is 2. The molecule has 0 aromatic carbocycles. The first kappa shape index (κ1) is 38.5. The van der Waals surface area contributed by atoms with Crippen molar-refractivity contribution in [1.29, 1.82) is 0 Å². The number of phosphoric ester groups is 2. The summed E-state index contributed by atoms with van der Waals surface area (Å²) in [6.07, 6.45) is 2.16. The fourth-order valence-electron chi connectivity index (χ4n) is 3.77. The molecule has 0 saturated heterocycles. The summed E-state index contributed by atoms with van der Waals surface area (Å²) >= 11 is 0. The van der Waals surface area contributed by atoms with Gasteiger partial charge in [-0.05, 0) is 25.0 Å². The smallest absolute Gasteiger partial charge is 0.871 e. The number of aromatic nitrogens is 2. The molecule has 0 fully saturated rings. The molecule has 0 aliphatic rings. The first-order chi connectivity index (χ1) is 19.4. The summed E-state index contributed by atoms with van der Waals surface area (Å²) in [6.45, 7) is -2.04. The van der Waals surface area contributed by atoms with Crippen LogP contribution in [-0.4, -0.2) is 57.9 Å². The van der Waals surface area contributed by atoms with Crippen LogP contribution in [0.25, 0.3) is 0 Å². The number of nitrogens with zero attached hydrogens (tertiary/aromatic N) is 4. The van der Waals surface area contributed by atoms with E-state index in [0.29, 0.717) is 0 Å². The molecule has 0 amide bonds. The molecule has 1 radical (unpaired) electrons. The third kappa shape index (κ3) is 13.4. The summed E-state index contributed by atoms with van der Waals surface area (Å²) in [5.74, 6) is -4.57. The minimum Gasteiger partial charge on any atom is -0.871 e. The van der Waals surface area contributed by atoms with E-state index < -0.39 is 78.5 Å². The monoisotopic (exact) mass is 685 g/mol. The molecule has 2 aromatic heterocycles. The van der Waals surface area contributed by atoms with Crippen LogP contribution >= 0.6 is 15.6 Å². The normalized spacial score (nSPS) is 12.0. The van der Waals surface area contributed by atoms with Crippen LogP contribution in [-0.2, 0) is 71.1 Å². The van der Waals surface area contributed by atoms with Crippen LogP contribution in [0.4, 0.5) is 0 Å². The van der Waals surface area contributed by atoms with Crippen molar-refractivity contribution < 1.29 is 84.8 Å². The van der Waals surface area contributed by atoms with Crippen molar-refractivity contribution in [1.82, 2.24) is 19.8 Å². The van der Waals surface area contributed by atoms with Crippen LogP contribution in [0.1, 0.15) is 33.6 Å². The van der Waals surface area contributed by atoms with Crippen LogP contribution < -0.4 is 40.0 Å².